The first kappa shape index (κ1) is 31.1. The molecule has 1 heterocycles. The van der Waals surface area contributed by atoms with Crippen LogP contribution in [0.15, 0.2) is 102 Å². The zero-order valence-electron chi connectivity index (χ0n) is 24.9. The fraction of sp³-hybridized carbons (Fsp3) is 0.176. The summed E-state index contributed by atoms with van der Waals surface area (Å²) >= 11 is 0. The molecule has 0 aliphatic carbocycles. The number of esters is 1. The van der Waals surface area contributed by atoms with E-state index in [1.54, 1.807) is 98.8 Å². The van der Waals surface area contributed by atoms with Gasteiger partial charge in [-0.1, -0.05) is 67.6 Å². The zero-order chi connectivity index (χ0) is 32.1. The number of amidine groups is 1. The summed E-state index contributed by atoms with van der Waals surface area (Å²) in [5.74, 6) is -1.01. The highest BCUT2D eigenvalue weighted by atomic mass is 32.2. The van der Waals surface area contributed by atoms with Crippen LogP contribution in [0, 0.1) is 5.41 Å². The normalized spacial score (nSPS) is 12.0. The molecule has 0 aliphatic heterocycles. The molecule has 10 nitrogen and oxygen atoms in total. The summed E-state index contributed by atoms with van der Waals surface area (Å²) in [6.07, 6.45) is 1.68. The van der Waals surface area contributed by atoms with Crippen molar-refractivity contribution in [3.8, 4) is 0 Å². The van der Waals surface area contributed by atoms with E-state index in [0.717, 1.165) is 9.87 Å². The number of nitrogens with zero attached hydrogens (tertiary/aromatic N) is 2. The lowest BCUT2D eigenvalue weighted by atomic mass is 10.0. The van der Waals surface area contributed by atoms with E-state index in [9.17, 15) is 18.0 Å². The Morgan fingerprint density at radius 3 is 2.38 bits per heavy atom. The van der Waals surface area contributed by atoms with Gasteiger partial charge in [0.15, 0.2) is 0 Å². The predicted molar refractivity (Wildman–Crippen MR) is 175 cm³/mol. The maximum absolute atomic E-state index is 14.4. The van der Waals surface area contributed by atoms with Gasteiger partial charge in [-0.05, 0) is 60.0 Å². The predicted octanol–water partition coefficient (Wildman–Crippen LogP) is 5.14. The minimum atomic E-state index is -4.33. The van der Waals surface area contributed by atoms with Crippen LogP contribution < -0.4 is 15.4 Å². The van der Waals surface area contributed by atoms with Crippen molar-refractivity contribution in [2.75, 3.05) is 10.9 Å². The van der Waals surface area contributed by atoms with Crippen molar-refractivity contribution in [2.24, 2.45) is 5.73 Å². The number of carbonyl (C=O) groups is 2. The summed E-state index contributed by atoms with van der Waals surface area (Å²) in [7, 11) is -4.33. The molecule has 1 atom stereocenters. The van der Waals surface area contributed by atoms with Crippen LogP contribution in [0.2, 0.25) is 0 Å². The van der Waals surface area contributed by atoms with E-state index in [2.05, 4.69) is 10.3 Å². The molecule has 0 fully saturated rings. The molecule has 230 valence electrons. The SMILES string of the molecule is CCOC(=O)C(CC)N(c1ccc2c(C(=O)NCc3ccc(C(=N)N)cc3)cccc2c1)S(=O)(=O)c1cccc2cccnc12. The molecule has 11 heteroatoms. The molecule has 0 aliphatic rings. The van der Waals surface area contributed by atoms with Crippen LogP contribution in [0.1, 0.15) is 41.8 Å². The molecule has 5 rings (SSSR count). The minimum absolute atomic E-state index is 0.0339. The van der Waals surface area contributed by atoms with E-state index in [1.807, 2.05) is 0 Å². The van der Waals surface area contributed by atoms with Gasteiger partial charge in [0, 0.05) is 29.3 Å². The highest BCUT2D eigenvalue weighted by Gasteiger charge is 2.37. The standard InChI is InChI=1S/C34H33N5O5S/c1-3-29(34(41)44-4-2)39(45(42,43)30-12-6-8-23-10-7-19-37-31(23)30)26-17-18-27-25(20-26)9-5-11-28(27)33(40)38-21-22-13-15-24(16-14-22)32(35)36/h5-20,29H,3-4,21H2,1-2H3,(H3,35,36)(H,38,40). The van der Waals surface area contributed by atoms with Crippen molar-refractivity contribution in [3.63, 3.8) is 0 Å². The number of rotatable bonds is 11. The molecule has 4 N–H and O–H groups in total. The van der Waals surface area contributed by atoms with E-state index in [1.165, 1.54) is 12.3 Å². The summed E-state index contributed by atoms with van der Waals surface area (Å²) < 4.78 is 35.3. The monoisotopic (exact) mass is 623 g/mol. The Balaban J connectivity index is 1.54. The van der Waals surface area contributed by atoms with Gasteiger partial charge in [-0.15, -0.1) is 0 Å². The number of anilines is 1. The lowest BCUT2D eigenvalue weighted by Gasteiger charge is -2.31. The second-order valence-corrected chi connectivity index (χ2v) is 12.1. The van der Waals surface area contributed by atoms with Crippen LogP contribution in [-0.2, 0) is 26.1 Å². The highest BCUT2D eigenvalue weighted by molar-refractivity contribution is 7.93. The van der Waals surface area contributed by atoms with Crippen LogP contribution in [-0.4, -0.2) is 43.8 Å². The zero-order valence-corrected chi connectivity index (χ0v) is 25.7. The smallest absolute Gasteiger partial charge is 0.329 e. The van der Waals surface area contributed by atoms with Crippen molar-refractivity contribution in [3.05, 3.63) is 114 Å². The number of fused-ring (bicyclic) bond motifs is 2. The Morgan fingerprint density at radius 2 is 1.67 bits per heavy atom. The topological polar surface area (TPSA) is 156 Å². The Labute approximate surface area is 261 Å². The number of sulfonamides is 1. The van der Waals surface area contributed by atoms with E-state index < -0.39 is 22.0 Å². The highest BCUT2D eigenvalue weighted by Crippen LogP contribution is 2.34. The number of benzene rings is 4. The van der Waals surface area contributed by atoms with Crippen LogP contribution in [0.5, 0.6) is 0 Å². The molecule has 45 heavy (non-hydrogen) atoms. The first-order valence-electron chi connectivity index (χ1n) is 14.4. The number of nitrogens with one attached hydrogen (secondary N) is 2. The van der Waals surface area contributed by atoms with Gasteiger partial charge >= 0.3 is 5.97 Å². The number of para-hydroxylation sites is 1. The number of nitrogen functional groups attached to an aromatic ring is 1. The second kappa shape index (κ2) is 13.1. The quantitative estimate of drug-likeness (QED) is 0.105. The third-order valence-corrected chi connectivity index (χ3v) is 9.31. The fourth-order valence-corrected chi connectivity index (χ4v) is 7.07. The molecule has 4 aromatic carbocycles. The maximum atomic E-state index is 14.4. The van der Waals surface area contributed by atoms with E-state index in [0.29, 0.717) is 32.8 Å². The van der Waals surface area contributed by atoms with Gasteiger partial charge in [0.25, 0.3) is 15.9 Å². The number of hydrogen-bond acceptors (Lipinski definition) is 7. The van der Waals surface area contributed by atoms with Gasteiger partial charge in [0.2, 0.25) is 0 Å². The molecular weight excluding hydrogens is 590 g/mol. The van der Waals surface area contributed by atoms with E-state index >= 15 is 0 Å². The summed E-state index contributed by atoms with van der Waals surface area (Å²) in [5, 5.41) is 12.3. The molecule has 0 radical (unpaired) electrons. The number of nitrogens with two attached hydrogens (primary N) is 1. The third kappa shape index (κ3) is 6.34. The van der Waals surface area contributed by atoms with Crippen molar-refractivity contribution in [1.29, 1.82) is 5.41 Å². The minimum Gasteiger partial charge on any atom is -0.464 e. The molecular formula is C34H33N5O5S. The molecule has 0 bridgehead atoms. The molecule has 1 unspecified atom stereocenters. The van der Waals surface area contributed by atoms with Gasteiger partial charge in [0.05, 0.1) is 17.8 Å². The molecule has 1 aromatic heterocycles. The largest absolute Gasteiger partial charge is 0.464 e. The summed E-state index contributed by atoms with van der Waals surface area (Å²) in [6, 6.07) is 24.4. The van der Waals surface area contributed by atoms with Gasteiger partial charge in [-0.25, -0.2) is 13.2 Å². The Bertz CT molecular complexity index is 2010. The van der Waals surface area contributed by atoms with Crippen molar-refractivity contribution in [2.45, 2.75) is 37.8 Å². The van der Waals surface area contributed by atoms with Crippen molar-refractivity contribution in [1.82, 2.24) is 10.3 Å². The summed E-state index contributed by atoms with van der Waals surface area (Å²) in [5.41, 5.74) is 7.90. The lowest BCUT2D eigenvalue weighted by molar-refractivity contribution is -0.144. The van der Waals surface area contributed by atoms with Crippen LogP contribution in [0.3, 0.4) is 0 Å². The fourth-order valence-electron chi connectivity index (χ4n) is 5.23. The van der Waals surface area contributed by atoms with Crippen molar-refractivity contribution >= 4 is 55.1 Å². The number of ether oxygens (including phenoxy) is 1. The van der Waals surface area contributed by atoms with E-state index in [-0.39, 0.29) is 41.9 Å². The Kier molecular flexibility index (Phi) is 9.10. The number of pyridine rings is 1. The number of aromatic nitrogens is 1. The number of amides is 1. The first-order valence-corrected chi connectivity index (χ1v) is 15.9. The van der Waals surface area contributed by atoms with E-state index in [4.69, 9.17) is 15.9 Å². The van der Waals surface area contributed by atoms with Gasteiger partial charge in [-0.2, -0.15) is 0 Å². The first-order chi connectivity index (χ1) is 21.6. The Hall–Kier alpha value is -5.29. The summed E-state index contributed by atoms with van der Waals surface area (Å²) in [4.78, 5) is 30.7. The molecule has 0 saturated heterocycles. The number of hydrogen-bond donors (Lipinski definition) is 3. The average molecular weight is 624 g/mol. The maximum Gasteiger partial charge on any atom is 0.329 e. The molecule has 0 saturated carbocycles. The molecule has 0 spiro atoms. The van der Waals surface area contributed by atoms with Crippen LogP contribution >= 0.6 is 0 Å². The van der Waals surface area contributed by atoms with Gasteiger partial charge in [-0.3, -0.25) is 19.5 Å². The Morgan fingerprint density at radius 1 is 0.956 bits per heavy atom. The average Bonchev–Trinajstić information content (AvgIpc) is 3.05. The summed E-state index contributed by atoms with van der Waals surface area (Å²) in [6.45, 7) is 3.74. The van der Waals surface area contributed by atoms with Gasteiger partial charge in [0.1, 0.15) is 16.8 Å². The van der Waals surface area contributed by atoms with Crippen molar-refractivity contribution < 1.29 is 22.7 Å². The molecule has 1 amide bonds. The van der Waals surface area contributed by atoms with Crippen LogP contribution in [0.25, 0.3) is 21.7 Å². The third-order valence-electron chi connectivity index (χ3n) is 7.44. The van der Waals surface area contributed by atoms with Crippen LogP contribution in [0.4, 0.5) is 5.69 Å². The number of carbonyl (C=O) groups excluding carboxylic acids is 2. The molecule has 5 aromatic rings. The van der Waals surface area contributed by atoms with Gasteiger partial charge < -0.3 is 15.8 Å². The second-order valence-electron chi connectivity index (χ2n) is 10.3. The lowest BCUT2D eigenvalue weighted by Crippen LogP contribution is -2.46.